The molecule has 0 amide bonds. The van der Waals surface area contributed by atoms with Gasteiger partial charge in [-0.1, -0.05) is 6.92 Å². The Labute approximate surface area is 119 Å². The molecule has 2 aromatic heterocycles. The number of aromatic nitrogens is 4. The minimum Gasteiger partial charge on any atom is -0.356 e. The lowest BCUT2D eigenvalue weighted by molar-refractivity contribution is 0.521. The van der Waals surface area contributed by atoms with Gasteiger partial charge in [0.2, 0.25) is 5.95 Å². The Balaban J connectivity index is 1.97. The van der Waals surface area contributed by atoms with Crippen LogP contribution in [0.1, 0.15) is 33.1 Å². The van der Waals surface area contributed by atoms with E-state index < -0.39 is 0 Å². The maximum atomic E-state index is 4.70. The van der Waals surface area contributed by atoms with E-state index in [0.717, 1.165) is 42.4 Å². The lowest BCUT2D eigenvalue weighted by Crippen LogP contribution is -2.26. The third kappa shape index (κ3) is 2.55. The summed E-state index contributed by atoms with van der Waals surface area (Å²) in [5.41, 5.74) is 0.809. The van der Waals surface area contributed by atoms with Gasteiger partial charge in [-0.2, -0.15) is 15.1 Å². The minimum atomic E-state index is 0.677. The number of H-pyrrole nitrogens is 1. The van der Waals surface area contributed by atoms with Gasteiger partial charge in [-0.15, -0.1) is 0 Å². The van der Waals surface area contributed by atoms with Gasteiger partial charge >= 0.3 is 0 Å². The van der Waals surface area contributed by atoms with Gasteiger partial charge < -0.3 is 10.2 Å². The highest BCUT2D eigenvalue weighted by Crippen LogP contribution is 2.27. The lowest BCUT2D eigenvalue weighted by atomic mass is 10.0. The molecule has 1 aliphatic heterocycles. The normalized spacial score (nSPS) is 20.1. The lowest BCUT2D eigenvalue weighted by Gasteiger charge is -2.22. The standard InChI is InChI=1S/C14H22N6/c1-3-15-14-17-12-11(9-16-19-12)13(18-14)20-7-4-5-10(2)6-8-20/h9-10H,3-8H2,1-2H3,(H2,15,16,17,18,19). The van der Waals surface area contributed by atoms with Crippen molar-refractivity contribution < 1.29 is 0 Å². The van der Waals surface area contributed by atoms with Crippen LogP contribution in [0, 0.1) is 5.92 Å². The maximum Gasteiger partial charge on any atom is 0.226 e. The molecule has 1 aliphatic rings. The van der Waals surface area contributed by atoms with Crippen LogP contribution in [0.4, 0.5) is 11.8 Å². The number of nitrogens with one attached hydrogen (secondary N) is 2. The fraction of sp³-hybridized carbons (Fsp3) is 0.643. The molecule has 1 saturated heterocycles. The molecule has 1 unspecified atom stereocenters. The summed E-state index contributed by atoms with van der Waals surface area (Å²) in [5.74, 6) is 2.49. The zero-order valence-electron chi connectivity index (χ0n) is 12.2. The summed E-state index contributed by atoms with van der Waals surface area (Å²) in [4.78, 5) is 11.5. The van der Waals surface area contributed by atoms with Gasteiger partial charge in [0.1, 0.15) is 5.82 Å². The van der Waals surface area contributed by atoms with Crippen molar-refractivity contribution in [3.63, 3.8) is 0 Å². The molecular formula is C14H22N6. The first-order valence-electron chi connectivity index (χ1n) is 7.48. The number of hydrogen-bond acceptors (Lipinski definition) is 5. The highest BCUT2D eigenvalue weighted by Gasteiger charge is 2.19. The highest BCUT2D eigenvalue weighted by atomic mass is 15.3. The zero-order valence-corrected chi connectivity index (χ0v) is 12.2. The molecule has 3 heterocycles. The Morgan fingerprint density at radius 1 is 1.35 bits per heavy atom. The maximum absolute atomic E-state index is 4.70. The van der Waals surface area contributed by atoms with E-state index in [0.29, 0.717) is 5.95 Å². The van der Waals surface area contributed by atoms with Crippen LogP contribution in [0.25, 0.3) is 11.0 Å². The zero-order chi connectivity index (χ0) is 13.9. The van der Waals surface area contributed by atoms with Gasteiger partial charge in [-0.05, 0) is 32.1 Å². The number of rotatable bonds is 3. The van der Waals surface area contributed by atoms with Gasteiger partial charge in [-0.25, -0.2) is 0 Å². The van der Waals surface area contributed by atoms with Gasteiger partial charge in [-0.3, -0.25) is 5.10 Å². The Morgan fingerprint density at radius 3 is 3.10 bits per heavy atom. The fourth-order valence-electron chi connectivity index (χ4n) is 2.77. The van der Waals surface area contributed by atoms with E-state index in [1.165, 1.54) is 19.3 Å². The summed E-state index contributed by atoms with van der Waals surface area (Å²) in [6, 6.07) is 0. The van der Waals surface area contributed by atoms with E-state index in [2.05, 4.69) is 32.3 Å². The number of hydrogen-bond donors (Lipinski definition) is 2. The first-order valence-corrected chi connectivity index (χ1v) is 7.48. The first-order chi connectivity index (χ1) is 9.78. The molecule has 1 atom stereocenters. The van der Waals surface area contributed by atoms with Gasteiger partial charge in [0.05, 0.1) is 11.6 Å². The third-order valence-corrected chi connectivity index (χ3v) is 3.94. The van der Waals surface area contributed by atoms with Crippen molar-refractivity contribution in [1.29, 1.82) is 0 Å². The van der Waals surface area contributed by atoms with Crippen LogP contribution in [0.15, 0.2) is 6.20 Å². The molecule has 6 heteroatoms. The summed E-state index contributed by atoms with van der Waals surface area (Å²) in [7, 11) is 0. The van der Waals surface area contributed by atoms with E-state index in [1.807, 2.05) is 13.1 Å². The van der Waals surface area contributed by atoms with Crippen molar-refractivity contribution in [1.82, 2.24) is 20.2 Å². The second-order valence-corrected chi connectivity index (χ2v) is 5.56. The molecule has 0 radical (unpaired) electrons. The van der Waals surface area contributed by atoms with E-state index >= 15 is 0 Å². The van der Waals surface area contributed by atoms with Crippen LogP contribution < -0.4 is 10.2 Å². The predicted octanol–water partition coefficient (Wildman–Crippen LogP) is 2.41. The average Bonchev–Trinajstić information content (AvgIpc) is 2.80. The Morgan fingerprint density at radius 2 is 2.25 bits per heavy atom. The van der Waals surface area contributed by atoms with Crippen LogP contribution in [-0.2, 0) is 0 Å². The molecule has 6 nitrogen and oxygen atoms in total. The van der Waals surface area contributed by atoms with Crippen LogP contribution in [0.5, 0.6) is 0 Å². The minimum absolute atomic E-state index is 0.677. The molecule has 0 aliphatic carbocycles. The van der Waals surface area contributed by atoms with Crippen molar-refractivity contribution in [3.05, 3.63) is 6.20 Å². The average molecular weight is 274 g/mol. The molecule has 108 valence electrons. The molecule has 3 rings (SSSR count). The van der Waals surface area contributed by atoms with Crippen LogP contribution in [-0.4, -0.2) is 39.8 Å². The van der Waals surface area contributed by atoms with E-state index in [-0.39, 0.29) is 0 Å². The van der Waals surface area contributed by atoms with Crippen LogP contribution in [0.2, 0.25) is 0 Å². The number of aromatic amines is 1. The Bertz CT molecular complexity index is 578. The van der Waals surface area contributed by atoms with Crippen LogP contribution >= 0.6 is 0 Å². The molecule has 0 bridgehead atoms. The molecule has 2 aromatic rings. The van der Waals surface area contributed by atoms with Crippen molar-refractivity contribution in [2.45, 2.75) is 33.1 Å². The number of nitrogens with zero attached hydrogens (tertiary/aromatic N) is 4. The molecule has 2 N–H and O–H groups in total. The van der Waals surface area contributed by atoms with E-state index in [1.54, 1.807) is 0 Å². The topological polar surface area (TPSA) is 69.7 Å². The second-order valence-electron chi connectivity index (χ2n) is 5.56. The summed E-state index contributed by atoms with van der Waals surface area (Å²) in [5, 5.41) is 11.3. The quantitative estimate of drug-likeness (QED) is 0.899. The van der Waals surface area contributed by atoms with Crippen molar-refractivity contribution in [2.75, 3.05) is 29.9 Å². The van der Waals surface area contributed by atoms with E-state index in [4.69, 9.17) is 4.98 Å². The van der Waals surface area contributed by atoms with Crippen molar-refractivity contribution >= 4 is 22.8 Å². The Hall–Kier alpha value is -1.85. The van der Waals surface area contributed by atoms with Gasteiger partial charge in [0.25, 0.3) is 0 Å². The smallest absolute Gasteiger partial charge is 0.226 e. The molecule has 0 aromatic carbocycles. The van der Waals surface area contributed by atoms with Crippen LogP contribution in [0.3, 0.4) is 0 Å². The summed E-state index contributed by atoms with van der Waals surface area (Å²) < 4.78 is 0. The molecule has 0 spiro atoms. The molecule has 20 heavy (non-hydrogen) atoms. The molecule has 1 fully saturated rings. The van der Waals surface area contributed by atoms with Crippen molar-refractivity contribution in [3.8, 4) is 0 Å². The summed E-state index contributed by atoms with van der Waals surface area (Å²) in [6.07, 6.45) is 5.58. The third-order valence-electron chi connectivity index (χ3n) is 3.94. The number of fused-ring (bicyclic) bond motifs is 1. The van der Waals surface area contributed by atoms with Crippen molar-refractivity contribution in [2.24, 2.45) is 5.92 Å². The Kier molecular flexibility index (Phi) is 3.71. The summed E-state index contributed by atoms with van der Waals surface area (Å²) >= 11 is 0. The fourth-order valence-corrected chi connectivity index (χ4v) is 2.77. The molecule has 0 saturated carbocycles. The number of anilines is 2. The van der Waals surface area contributed by atoms with Gasteiger partial charge in [0, 0.05) is 19.6 Å². The predicted molar refractivity (Wildman–Crippen MR) is 81.1 cm³/mol. The second kappa shape index (κ2) is 5.64. The van der Waals surface area contributed by atoms with E-state index in [9.17, 15) is 0 Å². The van der Waals surface area contributed by atoms with Gasteiger partial charge in [0.15, 0.2) is 5.65 Å². The monoisotopic (exact) mass is 274 g/mol. The largest absolute Gasteiger partial charge is 0.356 e. The SMILES string of the molecule is CCNc1nc(N2CCCC(C)CC2)c2cn[nH]c2n1. The summed E-state index contributed by atoms with van der Waals surface area (Å²) in [6.45, 7) is 7.32. The first kappa shape index (κ1) is 13.1. The highest BCUT2D eigenvalue weighted by molar-refractivity contribution is 5.87. The molecular weight excluding hydrogens is 252 g/mol.